The molecule has 0 amide bonds. The number of ether oxygens (including phenoxy) is 1. The molecule has 1 aliphatic heterocycles. The molecule has 0 bridgehead atoms. The Labute approximate surface area is 160 Å². The van der Waals surface area contributed by atoms with Gasteiger partial charge in [0.05, 0.1) is 0 Å². The summed E-state index contributed by atoms with van der Waals surface area (Å²) in [6.07, 6.45) is 4.62. The first-order valence-electron chi connectivity index (χ1n) is 9.88. The molecule has 0 spiro atoms. The van der Waals surface area contributed by atoms with Gasteiger partial charge >= 0.3 is 0 Å². The summed E-state index contributed by atoms with van der Waals surface area (Å²) in [6, 6.07) is 4.10. The van der Waals surface area contributed by atoms with E-state index in [0.717, 1.165) is 69.8 Å². The van der Waals surface area contributed by atoms with Gasteiger partial charge in [0.25, 0.3) is 0 Å². The van der Waals surface area contributed by atoms with Crippen LogP contribution in [0.2, 0.25) is 0 Å². The molecule has 0 aromatic heterocycles. The van der Waals surface area contributed by atoms with Gasteiger partial charge in [-0.3, -0.25) is 4.99 Å². The monoisotopic (exact) mass is 380 g/mol. The molecule has 7 heteroatoms. The van der Waals surface area contributed by atoms with Gasteiger partial charge in [-0.25, -0.2) is 8.78 Å². The molecular formula is C20H30F2N4O. The minimum Gasteiger partial charge on any atom is -0.381 e. The summed E-state index contributed by atoms with van der Waals surface area (Å²) < 4.78 is 32.1. The lowest BCUT2D eigenvalue weighted by atomic mass is 10.1. The molecule has 2 N–H and O–H groups in total. The maximum absolute atomic E-state index is 13.4. The van der Waals surface area contributed by atoms with Crippen molar-refractivity contribution < 1.29 is 13.5 Å². The van der Waals surface area contributed by atoms with Gasteiger partial charge in [0.2, 0.25) is 0 Å². The molecule has 1 saturated carbocycles. The van der Waals surface area contributed by atoms with E-state index in [1.165, 1.54) is 25.0 Å². The van der Waals surface area contributed by atoms with Crippen molar-refractivity contribution in [3.63, 3.8) is 0 Å². The first-order valence-corrected chi connectivity index (χ1v) is 9.88. The Morgan fingerprint density at radius 2 is 2.04 bits per heavy atom. The van der Waals surface area contributed by atoms with Gasteiger partial charge in [-0.15, -0.1) is 0 Å². The fraction of sp³-hybridized carbons (Fsp3) is 0.650. The number of nitrogens with one attached hydrogen (secondary N) is 2. The number of hydrogen-bond donors (Lipinski definition) is 2. The lowest BCUT2D eigenvalue weighted by molar-refractivity contribution is 0.123. The summed E-state index contributed by atoms with van der Waals surface area (Å²) in [5.74, 6) is 0.454. The molecular weight excluding hydrogens is 350 g/mol. The highest BCUT2D eigenvalue weighted by Crippen LogP contribution is 2.28. The van der Waals surface area contributed by atoms with E-state index in [9.17, 15) is 8.78 Å². The Bertz CT molecular complexity index is 636. The lowest BCUT2D eigenvalue weighted by Crippen LogP contribution is -2.40. The minimum atomic E-state index is -0.802. The highest BCUT2D eigenvalue weighted by molar-refractivity contribution is 5.79. The van der Waals surface area contributed by atoms with Gasteiger partial charge < -0.3 is 20.3 Å². The first-order chi connectivity index (χ1) is 13.2. The third kappa shape index (κ3) is 6.34. The first kappa shape index (κ1) is 19.9. The van der Waals surface area contributed by atoms with E-state index >= 15 is 0 Å². The minimum absolute atomic E-state index is 0.443. The van der Waals surface area contributed by atoms with Crippen LogP contribution in [0.25, 0.3) is 0 Å². The highest BCUT2D eigenvalue weighted by Gasteiger charge is 2.23. The standard InChI is InChI=1S/C20H30F2N4O/c1-23-20(24-8-2-10-27-14-15-3-4-15)25-12-16-7-9-26(13-16)17-5-6-18(21)19(22)11-17/h5-6,11,15-16H,2-4,7-10,12-14H2,1H3,(H2,23,24,25). The number of rotatable bonds is 9. The normalized spacial score (nSPS) is 20.2. The molecule has 1 unspecified atom stereocenters. The van der Waals surface area contributed by atoms with E-state index in [1.807, 2.05) is 0 Å². The van der Waals surface area contributed by atoms with Gasteiger partial charge in [0.1, 0.15) is 0 Å². The molecule has 2 fully saturated rings. The van der Waals surface area contributed by atoms with Gasteiger partial charge in [-0.05, 0) is 49.7 Å². The van der Waals surface area contributed by atoms with Gasteiger partial charge in [-0.1, -0.05) is 0 Å². The molecule has 5 nitrogen and oxygen atoms in total. The van der Waals surface area contributed by atoms with Crippen LogP contribution in [0.15, 0.2) is 23.2 Å². The Morgan fingerprint density at radius 1 is 1.19 bits per heavy atom. The van der Waals surface area contributed by atoms with E-state index in [1.54, 1.807) is 13.1 Å². The number of nitrogens with zero attached hydrogens (tertiary/aromatic N) is 2. The number of anilines is 1. The van der Waals surface area contributed by atoms with E-state index in [0.29, 0.717) is 5.92 Å². The summed E-state index contributed by atoms with van der Waals surface area (Å²) in [6.45, 7) is 5.00. The van der Waals surface area contributed by atoms with Crippen LogP contribution in [0.1, 0.15) is 25.7 Å². The number of benzene rings is 1. The van der Waals surface area contributed by atoms with E-state index in [-0.39, 0.29) is 0 Å². The average Bonchev–Trinajstić information content (AvgIpc) is 3.38. The molecule has 1 heterocycles. The molecule has 0 radical (unpaired) electrons. The van der Waals surface area contributed by atoms with Crippen LogP contribution < -0.4 is 15.5 Å². The maximum atomic E-state index is 13.4. The zero-order valence-corrected chi connectivity index (χ0v) is 16.0. The Morgan fingerprint density at radius 3 is 2.78 bits per heavy atom. The zero-order chi connectivity index (χ0) is 19.1. The Balaban J connectivity index is 1.31. The van der Waals surface area contributed by atoms with Gasteiger partial charge in [-0.2, -0.15) is 0 Å². The quantitative estimate of drug-likeness (QED) is 0.393. The molecule has 2 aliphatic rings. The van der Waals surface area contributed by atoms with Crippen molar-refractivity contribution in [2.45, 2.75) is 25.7 Å². The van der Waals surface area contributed by atoms with Gasteiger partial charge in [0.15, 0.2) is 17.6 Å². The van der Waals surface area contributed by atoms with E-state index in [2.05, 4.69) is 20.5 Å². The molecule has 1 aromatic rings. The SMILES string of the molecule is CN=C(NCCCOCC1CC1)NCC1CCN(c2ccc(F)c(F)c2)C1. The molecule has 150 valence electrons. The van der Waals surface area contributed by atoms with Crippen LogP contribution in [0.4, 0.5) is 14.5 Å². The molecule has 1 aliphatic carbocycles. The van der Waals surface area contributed by atoms with Crippen LogP contribution in [0.5, 0.6) is 0 Å². The molecule has 1 saturated heterocycles. The fourth-order valence-corrected chi connectivity index (χ4v) is 3.29. The number of halogens is 2. The predicted molar refractivity (Wildman–Crippen MR) is 104 cm³/mol. The summed E-state index contributed by atoms with van der Waals surface area (Å²) in [5, 5.41) is 6.67. The van der Waals surface area contributed by atoms with E-state index < -0.39 is 11.6 Å². The number of hydrogen-bond acceptors (Lipinski definition) is 3. The highest BCUT2D eigenvalue weighted by atomic mass is 19.2. The van der Waals surface area contributed by atoms with Crippen molar-refractivity contribution in [1.29, 1.82) is 0 Å². The van der Waals surface area contributed by atoms with Crippen LogP contribution in [-0.4, -0.2) is 52.4 Å². The second-order valence-electron chi connectivity index (χ2n) is 7.45. The van der Waals surface area contributed by atoms with E-state index in [4.69, 9.17) is 4.74 Å². The van der Waals surface area contributed by atoms with Crippen LogP contribution in [0.3, 0.4) is 0 Å². The Hall–Kier alpha value is -1.89. The third-order valence-corrected chi connectivity index (χ3v) is 5.14. The second kappa shape index (κ2) is 9.88. The second-order valence-corrected chi connectivity index (χ2v) is 7.45. The molecule has 1 atom stereocenters. The topological polar surface area (TPSA) is 48.9 Å². The van der Waals surface area contributed by atoms with Crippen LogP contribution in [-0.2, 0) is 4.74 Å². The zero-order valence-electron chi connectivity index (χ0n) is 16.0. The predicted octanol–water partition coefficient (Wildman–Crippen LogP) is 2.77. The Kier molecular flexibility index (Phi) is 7.26. The fourth-order valence-electron chi connectivity index (χ4n) is 3.29. The lowest BCUT2D eigenvalue weighted by Gasteiger charge is -2.19. The van der Waals surface area contributed by atoms with Crippen molar-refractivity contribution in [1.82, 2.24) is 10.6 Å². The van der Waals surface area contributed by atoms with Crippen LogP contribution in [0, 0.1) is 23.5 Å². The summed E-state index contributed by atoms with van der Waals surface area (Å²) in [5.41, 5.74) is 0.741. The van der Waals surface area contributed by atoms with Crippen molar-refractivity contribution in [3.05, 3.63) is 29.8 Å². The molecule has 27 heavy (non-hydrogen) atoms. The third-order valence-electron chi connectivity index (χ3n) is 5.14. The largest absolute Gasteiger partial charge is 0.381 e. The summed E-state index contributed by atoms with van der Waals surface area (Å²) >= 11 is 0. The average molecular weight is 380 g/mol. The maximum Gasteiger partial charge on any atom is 0.190 e. The smallest absolute Gasteiger partial charge is 0.190 e. The van der Waals surface area contributed by atoms with Crippen molar-refractivity contribution in [3.8, 4) is 0 Å². The molecule has 3 rings (SSSR count). The van der Waals surface area contributed by atoms with Crippen molar-refractivity contribution in [2.24, 2.45) is 16.8 Å². The van der Waals surface area contributed by atoms with Crippen LogP contribution >= 0.6 is 0 Å². The number of guanidine groups is 1. The van der Waals surface area contributed by atoms with Gasteiger partial charge in [0, 0.05) is 58.2 Å². The van der Waals surface area contributed by atoms with Crippen molar-refractivity contribution >= 4 is 11.6 Å². The van der Waals surface area contributed by atoms with Crippen molar-refractivity contribution in [2.75, 3.05) is 51.3 Å². The summed E-state index contributed by atoms with van der Waals surface area (Å²) in [4.78, 5) is 6.35. The summed E-state index contributed by atoms with van der Waals surface area (Å²) in [7, 11) is 1.77. The molecule has 1 aromatic carbocycles. The number of aliphatic imine (C=N–C) groups is 1.